The van der Waals surface area contributed by atoms with Gasteiger partial charge in [0.15, 0.2) is 0 Å². The minimum absolute atomic E-state index is 0.161. The minimum Gasteiger partial charge on any atom is -0.447 e. The third-order valence-electron chi connectivity index (χ3n) is 4.61. The van der Waals surface area contributed by atoms with Gasteiger partial charge in [0.1, 0.15) is 6.61 Å². The van der Waals surface area contributed by atoms with Gasteiger partial charge in [-0.05, 0) is 35.9 Å². The number of nitrogens with zero attached hydrogens (tertiary/aromatic N) is 1. The van der Waals surface area contributed by atoms with E-state index in [9.17, 15) is 9.59 Å². The van der Waals surface area contributed by atoms with E-state index in [-0.39, 0.29) is 18.6 Å². The topological polar surface area (TPSA) is 46.6 Å². The molecule has 1 saturated heterocycles. The zero-order valence-electron chi connectivity index (χ0n) is 14.3. The molecule has 2 heterocycles. The molecule has 2 amide bonds. The molecule has 2 aromatic carbocycles. The van der Waals surface area contributed by atoms with Crippen molar-refractivity contribution in [1.29, 1.82) is 0 Å². The van der Waals surface area contributed by atoms with E-state index in [1.54, 1.807) is 11.3 Å². The maximum Gasteiger partial charge on any atom is 0.416 e. The first-order valence-electron chi connectivity index (χ1n) is 8.71. The normalized spacial score (nSPS) is 16.8. The third kappa shape index (κ3) is 3.48. The Morgan fingerprint density at radius 2 is 1.88 bits per heavy atom. The van der Waals surface area contributed by atoms with Crippen molar-refractivity contribution in [1.82, 2.24) is 4.90 Å². The average Bonchev–Trinajstić information content (AvgIpc) is 3.24. The highest BCUT2D eigenvalue weighted by Crippen LogP contribution is 2.27. The first kappa shape index (κ1) is 16.8. The van der Waals surface area contributed by atoms with Crippen molar-refractivity contribution in [3.05, 3.63) is 71.1 Å². The monoisotopic (exact) mass is 365 g/mol. The van der Waals surface area contributed by atoms with Gasteiger partial charge in [-0.3, -0.25) is 4.79 Å². The molecule has 1 aliphatic rings. The molecule has 3 aromatic rings. The Morgan fingerprint density at radius 3 is 2.69 bits per heavy atom. The second-order valence-electron chi connectivity index (χ2n) is 6.43. The van der Waals surface area contributed by atoms with Crippen molar-refractivity contribution in [3.8, 4) is 0 Å². The summed E-state index contributed by atoms with van der Waals surface area (Å²) in [6.45, 7) is 0.266. The smallest absolute Gasteiger partial charge is 0.416 e. The molecule has 1 fully saturated rings. The first-order chi connectivity index (χ1) is 12.7. The number of carbonyl (C=O) groups excluding carboxylic acids is 2. The van der Waals surface area contributed by atoms with E-state index in [1.165, 1.54) is 15.0 Å². The second-order valence-corrected chi connectivity index (χ2v) is 7.60. The van der Waals surface area contributed by atoms with Crippen molar-refractivity contribution in [2.24, 2.45) is 0 Å². The highest BCUT2D eigenvalue weighted by molar-refractivity contribution is 7.19. The number of imide groups is 1. The van der Waals surface area contributed by atoms with Gasteiger partial charge in [0.25, 0.3) is 0 Å². The Bertz CT molecular complexity index is 902. The molecule has 1 atom stereocenters. The van der Waals surface area contributed by atoms with Crippen molar-refractivity contribution in [2.75, 3.05) is 6.61 Å². The number of ether oxygens (including phenoxy) is 1. The van der Waals surface area contributed by atoms with Crippen molar-refractivity contribution in [2.45, 2.75) is 25.3 Å². The summed E-state index contributed by atoms with van der Waals surface area (Å²) in [7, 11) is 0. The number of cyclic esters (lactones) is 1. The highest BCUT2D eigenvalue weighted by Gasteiger charge is 2.37. The second kappa shape index (κ2) is 7.30. The van der Waals surface area contributed by atoms with Crippen molar-refractivity contribution < 1.29 is 14.3 Å². The minimum atomic E-state index is -0.521. The Morgan fingerprint density at radius 1 is 1.12 bits per heavy atom. The number of fused-ring (bicyclic) bond motifs is 1. The van der Waals surface area contributed by atoms with Crippen LogP contribution in [0.15, 0.2) is 60.7 Å². The Labute approximate surface area is 156 Å². The van der Waals surface area contributed by atoms with Gasteiger partial charge in [-0.2, -0.15) is 0 Å². The molecule has 1 aliphatic heterocycles. The van der Waals surface area contributed by atoms with Crippen LogP contribution in [0.3, 0.4) is 0 Å². The van der Waals surface area contributed by atoms with Gasteiger partial charge in [0, 0.05) is 16.0 Å². The molecule has 0 N–H and O–H groups in total. The van der Waals surface area contributed by atoms with E-state index < -0.39 is 6.09 Å². The molecular weight excluding hydrogens is 346 g/mol. The number of amides is 2. The fraction of sp³-hybridized carbons (Fsp3) is 0.238. The lowest BCUT2D eigenvalue weighted by atomic mass is 10.1. The maximum atomic E-state index is 12.7. The molecule has 26 heavy (non-hydrogen) atoms. The van der Waals surface area contributed by atoms with Crippen LogP contribution < -0.4 is 0 Å². The quantitative estimate of drug-likeness (QED) is 0.672. The molecule has 0 aliphatic carbocycles. The van der Waals surface area contributed by atoms with E-state index in [1.807, 2.05) is 42.5 Å². The van der Waals surface area contributed by atoms with E-state index >= 15 is 0 Å². The van der Waals surface area contributed by atoms with Crippen molar-refractivity contribution >= 4 is 33.4 Å². The van der Waals surface area contributed by atoms with Gasteiger partial charge in [0.05, 0.1) is 6.04 Å². The molecule has 0 spiro atoms. The predicted octanol–water partition coefficient (Wildman–Crippen LogP) is 4.42. The SMILES string of the molecule is O=C(CCc1cc2ccccc2s1)N1C(=O)OC[C@@H]1Cc1ccccc1. The van der Waals surface area contributed by atoms with Crippen LogP contribution in [0.2, 0.25) is 0 Å². The fourth-order valence-electron chi connectivity index (χ4n) is 3.31. The summed E-state index contributed by atoms with van der Waals surface area (Å²) in [4.78, 5) is 27.2. The molecule has 0 unspecified atom stereocenters. The fourth-order valence-corrected chi connectivity index (χ4v) is 4.38. The summed E-state index contributed by atoms with van der Waals surface area (Å²) in [6.07, 6.45) is 1.06. The van der Waals surface area contributed by atoms with E-state index in [2.05, 4.69) is 18.2 Å². The van der Waals surface area contributed by atoms with Crippen LogP contribution in [0.1, 0.15) is 16.9 Å². The molecule has 0 saturated carbocycles. The molecule has 4 rings (SSSR count). The molecular formula is C21H19NO3S. The van der Waals surface area contributed by atoms with Gasteiger partial charge >= 0.3 is 6.09 Å². The largest absolute Gasteiger partial charge is 0.447 e. The molecule has 0 bridgehead atoms. The van der Waals surface area contributed by atoms with Crippen molar-refractivity contribution in [3.63, 3.8) is 0 Å². The van der Waals surface area contributed by atoms with Gasteiger partial charge in [-0.25, -0.2) is 9.69 Å². The standard InChI is InChI=1S/C21H19NO3S/c23-20(11-10-18-13-16-8-4-5-9-19(16)26-18)22-17(14-25-21(22)24)12-15-6-2-1-3-7-15/h1-9,13,17H,10-12,14H2/t17-/m0/s1. The number of rotatable bonds is 5. The van der Waals surface area contributed by atoms with E-state index in [0.717, 1.165) is 10.4 Å². The molecule has 0 radical (unpaired) electrons. The lowest BCUT2D eigenvalue weighted by Gasteiger charge is -2.19. The first-order valence-corrected chi connectivity index (χ1v) is 9.52. The average molecular weight is 365 g/mol. The molecule has 4 nitrogen and oxygen atoms in total. The number of carbonyl (C=O) groups is 2. The molecule has 132 valence electrons. The zero-order valence-corrected chi connectivity index (χ0v) is 15.1. The van der Waals surface area contributed by atoms with Crippen LogP contribution in [0.25, 0.3) is 10.1 Å². The highest BCUT2D eigenvalue weighted by atomic mass is 32.1. The molecule has 5 heteroatoms. The summed E-state index contributed by atoms with van der Waals surface area (Å²) in [6, 6.07) is 20.0. The van der Waals surface area contributed by atoms with Gasteiger partial charge in [0.2, 0.25) is 5.91 Å². The van der Waals surface area contributed by atoms with E-state index in [0.29, 0.717) is 19.3 Å². The summed E-state index contributed by atoms with van der Waals surface area (Å²) >= 11 is 1.70. The maximum absolute atomic E-state index is 12.7. The number of hydrogen-bond donors (Lipinski definition) is 0. The lowest BCUT2D eigenvalue weighted by molar-refractivity contribution is -0.129. The van der Waals surface area contributed by atoms with Crippen LogP contribution in [0.4, 0.5) is 4.79 Å². The van der Waals surface area contributed by atoms with Crippen LogP contribution in [-0.2, 0) is 22.4 Å². The van der Waals surface area contributed by atoms with Crippen LogP contribution in [0.5, 0.6) is 0 Å². The van der Waals surface area contributed by atoms with Crippen LogP contribution >= 0.6 is 11.3 Å². The zero-order chi connectivity index (χ0) is 17.9. The summed E-state index contributed by atoms with van der Waals surface area (Å²) < 4.78 is 6.36. The van der Waals surface area contributed by atoms with Gasteiger partial charge < -0.3 is 4.74 Å². The number of benzene rings is 2. The molecule has 1 aromatic heterocycles. The van der Waals surface area contributed by atoms with E-state index in [4.69, 9.17) is 4.74 Å². The van der Waals surface area contributed by atoms with Gasteiger partial charge in [-0.1, -0.05) is 48.5 Å². The lowest BCUT2D eigenvalue weighted by Crippen LogP contribution is -2.40. The van der Waals surface area contributed by atoms with Gasteiger partial charge in [-0.15, -0.1) is 11.3 Å². The summed E-state index contributed by atoms with van der Waals surface area (Å²) in [5.74, 6) is -0.161. The Balaban J connectivity index is 1.42. The summed E-state index contributed by atoms with van der Waals surface area (Å²) in [5, 5.41) is 1.20. The number of hydrogen-bond acceptors (Lipinski definition) is 4. The van der Waals surface area contributed by atoms with Crippen LogP contribution in [-0.4, -0.2) is 29.5 Å². The summed E-state index contributed by atoms with van der Waals surface area (Å²) in [5.41, 5.74) is 1.10. The van der Waals surface area contributed by atoms with Crippen LogP contribution in [0, 0.1) is 0 Å². The third-order valence-corrected chi connectivity index (χ3v) is 5.78. The Kier molecular flexibility index (Phi) is 4.71. The predicted molar refractivity (Wildman–Crippen MR) is 102 cm³/mol. The number of thiophene rings is 1. The number of aryl methyl sites for hydroxylation is 1. The Hall–Kier alpha value is -2.66.